The molecule has 0 radical (unpaired) electrons. The maximum atomic E-state index is 13.0. The molecule has 1 aliphatic heterocycles. The molecule has 0 aromatic heterocycles. The number of carbonyl (C=O) groups excluding carboxylic acids is 1. The number of ether oxygens (including phenoxy) is 1. The van der Waals surface area contributed by atoms with Crippen LogP contribution in [0.15, 0.2) is 48.5 Å². The van der Waals surface area contributed by atoms with Crippen molar-refractivity contribution in [1.29, 1.82) is 0 Å². The Balaban J connectivity index is 1.57. The van der Waals surface area contributed by atoms with E-state index in [1.54, 1.807) is 12.1 Å². The Morgan fingerprint density at radius 2 is 1.76 bits per heavy atom. The second-order valence-corrected chi connectivity index (χ2v) is 6.33. The lowest BCUT2D eigenvalue weighted by Gasteiger charge is -2.26. The van der Waals surface area contributed by atoms with Crippen LogP contribution >= 0.6 is 0 Å². The minimum Gasteiger partial charge on any atom is -0.379 e. The molecule has 1 fully saturated rings. The van der Waals surface area contributed by atoms with Gasteiger partial charge in [-0.2, -0.15) is 0 Å². The summed E-state index contributed by atoms with van der Waals surface area (Å²) in [4.78, 5) is 14.7. The van der Waals surface area contributed by atoms with Gasteiger partial charge in [0.05, 0.1) is 19.3 Å². The third-order valence-electron chi connectivity index (χ3n) is 4.44. The van der Waals surface area contributed by atoms with Crippen molar-refractivity contribution in [1.82, 2.24) is 10.2 Å². The van der Waals surface area contributed by atoms with Gasteiger partial charge in [0.15, 0.2) is 0 Å². The molecule has 1 atom stereocenters. The van der Waals surface area contributed by atoms with Gasteiger partial charge in [-0.25, -0.2) is 4.39 Å². The number of hydrogen-bond acceptors (Lipinski definition) is 3. The van der Waals surface area contributed by atoms with E-state index in [-0.39, 0.29) is 17.8 Å². The number of nitrogens with one attached hydrogen (secondary N) is 1. The van der Waals surface area contributed by atoms with Gasteiger partial charge in [-0.15, -0.1) is 0 Å². The molecule has 0 spiro atoms. The van der Waals surface area contributed by atoms with E-state index in [0.29, 0.717) is 5.56 Å². The van der Waals surface area contributed by atoms with Crippen LogP contribution in [0.25, 0.3) is 0 Å². The Morgan fingerprint density at radius 1 is 1.12 bits per heavy atom. The highest BCUT2D eigenvalue weighted by Gasteiger charge is 2.13. The first-order chi connectivity index (χ1) is 12.1. The summed E-state index contributed by atoms with van der Waals surface area (Å²) in [7, 11) is 0. The molecule has 0 bridgehead atoms. The monoisotopic (exact) mass is 342 g/mol. The zero-order valence-electron chi connectivity index (χ0n) is 14.4. The summed E-state index contributed by atoms with van der Waals surface area (Å²) in [6, 6.07) is 13.7. The lowest BCUT2D eigenvalue weighted by Crippen LogP contribution is -2.35. The topological polar surface area (TPSA) is 41.6 Å². The van der Waals surface area contributed by atoms with Crippen molar-refractivity contribution in [3.8, 4) is 0 Å². The third-order valence-corrected chi connectivity index (χ3v) is 4.44. The minimum absolute atomic E-state index is 0.130. The Bertz CT molecular complexity index is 695. The number of amides is 1. The van der Waals surface area contributed by atoms with Crippen molar-refractivity contribution in [2.45, 2.75) is 19.5 Å². The molecule has 1 N–H and O–H groups in total. The van der Waals surface area contributed by atoms with E-state index in [1.165, 1.54) is 17.7 Å². The summed E-state index contributed by atoms with van der Waals surface area (Å²) < 4.78 is 18.3. The van der Waals surface area contributed by atoms with Crippen LogP contribution in [0.5, 0.6) is 0 Å². The van der Waals surface area contributed by atoms with Gasteiger partial charge in [0.25, 0.3) is 5.91 Å². The van der Waals surface area contributed by atoms with Crippen molar-refractivity contribution in [3.63, 3.8) is 0 Å². The number of carbonyl (C=O) groups is 1. The molecule has 1 amide bonds. The SMILES string of the molecule is C[C@H](NC(=O)c1ccc(CN2CCOCC2)cc1)c1ccc(F)cc1. The van der Waals surface area contributed by atoms with Gasteiger partial charge in [-0.05, 0) is 42.3 Å². The van der Waals surface area contributed by atoms with Crippen LogP contribution in [-0.4, -0.2) is 37.1 Å². The molecule has 3 rings (SSSR count). The molecule has 1 aliphatic rings. The van der Waals surface area contributed by atoms with Gasteiger partial charge in [-0.3, -0.25) is 9.69 Å². The third kappa shape index (κ3) is 4.87. The predicted octanol–water partition coefficient (Wildman–Crippen LogP) is 3.15. The van der Waals surface area contributed by atoms with Crippen LogP contribution < -0.4 is 5.32 Å². The highest BCUT2D eigenvalue weighted by atomic mass is 19.1. The first-order valence-electron chi connectivity index (χ1n) is 8.57. The Kier molecular flexibility index (Phi) is 5.79. The zero-order chi connectivity index (χ0) is 17.6. The smallest absolute Gasteiger partial charge is 0.251 e. The molecule has 0 saturated carbocycles. The molecule has 4 nitrogen and oxygen atoms in total. The van der Waals surface area contributed by atoms with Crippen LogP contribution in [0.2, 0.25) is 0 Å². The quantitative estimate of drug-likeness (QED) is 0.908. The summed E-state index contributed by atoms with van der Waals surface area (Å²) in [5.74, 6) is -0.409. The summed E-state index contributed by atoms with van der Waals surface area (Å²) in [5, 5.41) is 2.94. The van der Waals surface area contributed by atoms with Gasteiger partial charge in [0.2, 0.25) is 0 Å². The van der Waals surface area contributed by atoms with Crippen LogP contribution in [0, 0.1) is 5.82 Å². The lowest BCUT2D eigenvalue weighted by molar-refractivity contribution is 0.0342. The van der Waals surface area contributed by atoms with Crippen LogP contribution in [0.3, 0.4) is 0 Å². The summed E-state index contributed by atoms with van der Waals surface area (Å²) in [6.07, 6.45) is 0. The molecular formula is C20H23FN2O2. The molecule has 0 unspecified atom stereocenters. The minimum atomic E-state index is -0.280. The van der Waals surface area contributed by atoms with Crippen molar-refractivity contribution < 1.29 is 13.9 Å². The molecule has 1 heterocycles. The molecule has 2 aromatic rings. The van der Waals surface area contributed by atoms with Gasteiger partial charge in [0.1, 0.15) is 5.82 Å². The first kappa shape index (κ1) is 17.6. The summed E-state index contributed by atoms with van der Waals surface area (Å²) in [6.45, 7) is 6.20. The number of rotatable bonds is 5. The van der Waals surface area contributed by atoms with Gasteiger partial charge >= 0.3 is 0 Å². The molecule has 1 saturated heterocycles. The van der Waals surface area contributed by atoms with Crippen LogP contribution in [0.1, 0.15) is 34.5 Å². The van der Waals surface area contributed by atoms with Crippen molar-refractivity contribution in [2.24, 2.45) is 0 Å². The standard InChI is InChI=1S/C20H23FN2O2/c1-15(17-6-8-19(21)9-7-17)22-20(24)18-4-2-16(3-5-18)14-23-10-12-25-13-11-23/h2-9,15H,10-14H2,1H3,(H,22,24)/t15-/m0/s1. The predicted molar refractivity (Wildman–Crippen MR) is 94.8 cm³/mol. The number of benzene rings is 2. The Morgan fingerprint density at radius 3 is 2.40 bits per heavy atom. The van der Waals surface area contributed by atoms with Crippen molar-refractivity contribution in [2.75, 3.05) is 26.3 Å². The Hall–Kier alpha value is -2.24. The largest absolute Gasteiger partial charge is 0.379 e. The molecular weight excluding hydrogens is 319 g/mol. The van der Waals surface area contributed by atoms with E-state index >= 15 is 0 Å². The number of hydrogen-bond donors (Lipinski definition) is 1. The average molecular weight is 342 g/mol. The van der Waals surface area contributed by atoms with Crippen molar-refractivity contribution in [3.05, 3.63) is 71.0 Å². The van der Waals surface area contributed by atoms with E-state index in [1.807, 2.05) is 31.2 Å². The molecule has 25 heavy (non-hydrogen) atoms. The molecule has 0 aliphatic carbocycles. The van der Waals surface area contributed by atoms with E-state index < -0.39 is 0 Å². The molecule has 2 aromatic carbocycles. The normalized spacial score (nSPS) is 16.4. The van der Waals surface area contributed by atoms with Crippen LogP contribution in [0.4, 0.5) is 4.39 Å². The fourth-order valence-electron chi connectivity index (χ4n) is 2.89. The lowest BCUT2D eigenvalue weighted by atomic mass is 10.1. The maximum absolute atomic E-state index is 13.0. The molecule has 5 heteroatoms. The maximum Gasteiger partial charge on any atom is 0.251 e. The van der Waals surface area contributed by atoms with Crippen LogP contribution in [-0.2, 0) is 11.3 Å². The fraction of sp³-hybridized carbons (Fsp3) is 0.350. The van der Waals surface area contributed by atoms with Gasteiger partial charge in [0, 0.05) is 25.2 Å². The summed E-state index contributed by atoms with van der Waals surface area (Å²) in [5.41, 5.74) is 2.68. The molecule has 132 valence electrons. The summed E-state index contributed by atoms with van der Waals surface area (Å²) >= 11 is 0. The van der Waals surface area contributed by atoms with E-state index in [2.05, 4.69) is 10.2 Å². The fourth-order valence-corrected chi connectivity index (χ4v) is 2.89. The van der Waals surface area contributed by atoms with E-state index in [4.69, 9.17) is 4.74 Å². The number of morpholine rings is 1. The van der Waals surface area contributed by atoms with Gasteiger partial charge < -0.3 is 10.1 Å². The van der Waals surface area contributed by atoms with Gasteiger partial charge in [-0.1, -0.05) is 24.3 Å². The van der Waals surface area contributed by atoms with E-state index in [9.17, 15) is 9.18 Å². The average Bonchev–Trinajstić information content (AvgIpc) is 2.63. The second kappa shape index (κ2) is 8.23. The first-order valence-corrected chi connectivity index (χ1v) is 8.57. The zero-order valence-corrected chi connectivity index (χ0v) is 14.4. The van der Waals surface area contributed by atoms with E-state index in [0.717, 1.165) is 38.4 Å². The number of nitrogens with zero attached hydrogens (tertiary/aromatic N) is 1. The van der Waals surface area contributed by atoms with Crippen molar-refractivity contribution >= 4 is 5.91 Å². The highest BCUT2D eigenvalue weighted by Crippen LogP contribution is 2.15. The highest BCUT2D eigenvalue weighted by molar-refractivity contribution is 5.94. The number of halogens is 1. The Labute approximate surface area is 147 Å². The second-order valence-electron chi connectivity index (χ2n) is 6.33.